The van der Waals surface area contributed by atoms with E-state index in [2.05, 4.69) is 206 Å². The molecule has 0 saturated heterocycles. The average molecular weight is 827 g/mol. The summed E-state index contributed by atoms with van der Waals surface area (Å²) in [6, 6.07) is 82.2. The van der Waals surface area contributed by atoms with Gasteiger partial charge in [0.1, 0.15) is 11.2 Å². The summed E-state index contributed by atoms with van der Waals surface area (Å²) in [5.41, 5.74) is 13.4. The molecule has 13 rings (SSSR count). The Bertz CT molecular complexity index is 3950. The zero-order valence-electron chi connectivity index (χ0n) is 35.2. The van der Waals surface area contributed by atoms with Crippen molar-refractivity contribution in [3.05, 3.63) is 231 Å². The van der Waals surface area contributed by atoms with Crippen LogP contribution in [-0.2, 0) is 0 Å². The summed E-state index contributed by atoms with van der Waals surface area (Å²) in [5.74, 6) is 0.693. The van der Waals surface area contributed by atoms with Crippen LogP contribution in [0, 0.1) is 0 Å². The summed E-state index contributed by atoms with van der Waals surface area (Å²) >= 11 is 0. The lowest BCUT2D eigenvalue weighted by atomic mass is 9.89. The molecule has 13 aromatic rings. The number of benzene rings is 11. The maximum absolute atomic E-state index is 6.82. The molecular formula is C62H38N2O. The van der Waals surface area contributed by atoms with Gasteiger partial charge < -0.3 is 4.42 Å². The van der Waals surface area contributed by atoms with Gasteiger partial charge in [-0.3, -0.25) is 0 Å². The van der Waals surface area contributed by atoms with E-state index >= 15 is 0 Å². The SMILES string of the molecule is c1ccc(-c2cccc(-c3cc(-c4ccc(-c5cccc6oc7c8ccccc8c(-c8ccc9c%10ccccc%10c%10ccccc%10c9c8)cc7c56)cc4)nc(-c4ccccc4)n3)c2)cc1. The smallest absolute Gasteiger partial charge is 0.160 e. The van der Waals surface area contributed by atoms with Gasteiger partial charge in [0, 0.05) is 32.8 Å². The predicted molar refractivity (Wildman–Crippen MR) is 272 cm³/mol. The third-order valence-corrected chi connectivity index (χ3v) is 13.1. The highest BCUT2D eigenvalue weighted by Crippen LogP contribution is 2.45. The van der Waals surface area contributed by atoms with Crippen LogP contribution in [0.2, 0.25) is 0 Å². The topological polar surface area (TPSA) is 38.9 Å². The molecule has 11 aromatic carbocycles. The third kappa shape index (κ3) is 6.20. The van der Waals surface area contributed by atoms with Gasteiger partial charge in [-0.2, -0.15) is 0 Å². The van der Waals surface area contributed by atoms with Gasteiger partial charge in [0.2, 0.25) is 0 Å². The fraction of sp³-hybridized carbons (Fsp3) is 0. The van der Waals surface area contributed by atoms with Gasteiger partial charge in [-0.05, 0) is 101 Å². The minimum Gasteiger partial charge on any atom is -0.455 e. The zero-order valence-corrected chi connectivity index (χ0v) is 35.2. The minimum atomic E-state index is 0.693. The first-order chi connectivity index (χ1) is 32.2. The lowest BCUT2D eigenvalue weighted by Crippen LogP contribution is -1.96. The van der Waals surface area contributed by atoms with Crippen molar-refractivity contribution in [1.29, 1.82) is 0 Å². The van der Waals surface area contributed by atoms with Crippen LogP contribution in [0.15, 0.2) is 235 Å². The summed E-state index contributed by atoms with van der Waals surface area (Å²) in [7, 11) is 0. The quantitative estimate of drug-likeness (QED) is 0.157. The summed E-state index contributed by atoms with van der Waals surface area (Å²) in [6.45, 7) is 0. The lowest BCUT2D eigenvalue weighted by Gasteiger charge is -2.13. The molecule has 3 nitrogen and oxygen atoms in total. The van der Waals surface area contributed by atoms with Gasteiger partial charge in [0.15, 0.2) is 5.82 Å². The molecule has 0 aliphatic rings. The van der Waals surface area contributed by atoms with Crippen molar-refractivity contribution < 1.29 is 4.42 Å². The lowest BCUT2D eigenvalue weighted by molar-refractivity contribution is 0.673. The molecule has 2 heterocycles. The van der Waals surface area contributed by atoms with Crippen LogP contribution in [0.25, 0.3) is 132 Å². The molecule has 0 amide bonds. The number of hydrogen-bond donors (Lipinski definition) is 0. The zero-order chi connectivity index (χ0) is 42.8. The number of furan rings is 1. The van der Waals surface area contributed by atoms with Gasteiger partial charge in [0.05, 0.1) is 11.4 Å². The Balaban J connectivity index is 0.948. The Morgan fingerprint density at radius 2 is 0.785 bits per heavy atom. The van der Waals surface area contributed by atoms with E-state index in [0.717, 1.165) is 72.1 Å². The Morgan fingerprint density at radius 1 is 0.262 bits per heavy atom. The van der Waals surface area contributed by atoms with E-state index < -0.39 is 0 Å². The van der Waals surface area contributed by atoms with Crippen molar-refractivity contribution >= 4 is 65.0 Å². The average Bonchev–Trinajstić information content (AvgIpc) is 3.78. The molecule has 0 fully saturated rings. The van der Waals surface area contributed by atoms with Crippen LogP contribution in [0.4, 0.5) is 0 Å². The molecule has 0 aliphatic carbocycles. The van der Waals surface area contributed by atoms with Crippen molar-refractivity contribution in [2.24, 2.45) is 0 Å². The van der Waals surface area contributed by atoms with Crippen molar-refractivity contribution in [3.8, 4) is 67.3 Å². The second-order valence-corrected chi connectivity index (χ2v) is 16.8. The summed E-state index contributed by atoms with van der Waals surface area (Å²) in [5, 5.41) is 12.1. The summed E-state index contributed by atoms with van der Waals surface area (Å²) in [4.78, 5) is 10.3. The predicted octanol–water partition coefficient (Wildman–Crippen LogP) is 17.0. The molecule has 0 unspecified atom stereocenters. The Hall–Kier alpha value is -8.66. The molecule has 0 bridgehead atoms. The highest BCUT2D eigenvalue weighted by Gasteiger charge is 2.19. The standard InChI is InChI=1S/C62H38N2O/c1-3-15-39(16-4-1)43-19-13-20-45(35-43)58-38-57(63-62(64-58)42-17-5-2-6-18-42)41-31-29-40(30-32-41)46-27-14-28-59-60(46)56-37-54(51-25-11-12-26-53(51)61(56)65-59)44-33-34-52-49-23-8-7-21-47(49)48-22-9-10-24-50(48)55(52)36-44/h1-38H. The van der Waals surface area contributed by atoms with Gasteiger partial charge in [0.25, 0.3) is 0 Å². The van der Waals surface area contributed by atoms with Crippen molar-refractivity contribution in [3.63, 3.8) is 0 Å². The first-order valence-corrected chi connectivity index (χ1v) is 22.1. The van der Waals surface area contributed by atoms with Gasteiger partial charge in [-0.15, -0.1) is 0 Å². The fourth-order valence-corrected chi connectivity index (χ4v) is 9.97. The molecule has 0 aliphatic heterocycles. The number of aromatic nitrogens is 2. The van der Waals surface area contributed by atoms with E-state index in [-0.39, 0.29) is 0 Å². The second-order valence-electron chi connectivity index (χ2n) is 16.8. The Morgan fingerprint density at radius 3 is 1.49 bits per heavy atom. The highest BCUT2D eigenvalue weighted by molar-refractivity contribution is 6.27. The molecule has 302 valence electrons. The maximum atomic E-state index is 6.82. The number of hydrogen-bond acceptors (Lipinski definition) is 3. The molecular weight excluding hydrogens is 789 g/mol. The van der Waals surface area contributed by atoms with E-state index in [1.807, 2.05) is 24.3 Å². The maximum Gasteiger partial charge on any atom is 0.160 e. The molecule has 0 atom stereocenters. The fourth-order valence-electron chi connectivity index (χ4n) is 9.97. The molecule has 3 heteroatoms. The van der Waals surface area contributed by atoms with Crippen LogP contribution in [0.3, 0.4) is 0 Å². The van der Waals surface area contributed by atoms with E-state index in [1.165, 1.54) is 54.4 Å². The van der Waals surface area contributed by atoms with Crippen LogP contribution in [0.1, 0.15) is 0 Å². The van der Waals surface area contributed by atoms with E-state index in [1.54, 1.807) is 0 Å². The number of fused-ring (bicyclic) bond motifs is 11. The minimum absolute atomic E-state index is 0.693. The Labute approximate surface area is 375 Å². The molecule has 0 N–H and O–H groups in total. The van der Waals surface area contributed by atoms with E-state index in [9.17, 15) is 0 Å². The molecule has 0 spiro atoms. The van der Waals surface area contributed by atoms with Crippen LogP contribution in [0.5, 0.6) is 0 Å². The monoisotopic (exact) mass is 826 g/mol. The van der Waals surface area contributed by atoms with Gasteiger partial charge >= 0.3 is 0 Å². The summed E-state index contributed by atoms with van der Waals surface area (Å²) in [6.07, 6.45) is 0. The normalized spacial score (nSPS) is 11.7. The van der Waals surface area contributed by atoms with Gasteiger partial charge in [-0.25, -0.2) is 9.97 Å². The molecule has 0 saturated carbocycles. The van der Waals surface area contributed by atoms with Gasteiger partial charge in [-0.1, -0.05) is 200 Å². The van der Waals surface area contributed by atoms with Crippen molar-refractivity contribution in [2.75, 3.05) is 0 Å². The largest absolute Gasteiger partial charge is 0.455 e. The summed E-state index contributed by atoms with van der Waals surface area (Å²) < 4.78 is 6.82. The molecule has 65 heavy (non-hydrogen) atoms. The molecule has 2 aromatic heterocycles. The second kappa shape index (κ2) is 15.0. The number of rotatable bonds is 6. The number of nitrogens with zero attached hydrogens (tertiary/aromatic N) is 2. The Kier molecular flexibility index (Phi) is 8.53. The first kappa shape index (κ1) is 36.9. The van der Waals surface area contributed by atoms with Crippen molar-refractivity contribution in [1.82, 2.24) is 9.97 Å². The van der Waals surface area contributed by atoms with Crippen LogP contribution < -0.4 is 0 Å². The van der Waals surface area contributed by atoms with E-state index in [4.69, 9.17) is 14.4 Å². The van der Waals surface area contributed by atoms with Crippen LogP contribution in [-0.4, -0.2) is 9.97 Å². The van der Waals surface area contributed by atoms with E-state index in [0.29, 0.717) is 5.82 Å². The van der Waals surface area contributed by atoms with Crippen molar-refractivity contribution in [2.45, 2.75) is 0 Å². The molecule has 0 radical (unpaired) electrons. The highest BCUT2D eigenvalue weighted by atomic mass is 16.3. The first-order valence-electron chi connectivity index (χ1n) is 22.1. The van der Waals surface area contributed by atoms with Crippen LogP contribution >= 0.6 is 0 Å². The third-order valence-electron chi connectivity index (χ3n) is 13.1.